The average molecular weight is 488 g/mol. The summed E-state index contributed by atoms with van der Waals surface area (Å²) >= 11 is 6.92. The zero-order valence-corrected chi connectivity index (χ0v) is 20.1. The number of benzene rings is 1. The summed E-state index contributed by atoms with van der Waals surface area (Å²) < 4.78 is 15.9. The fraction of sp³-hybridized carbons (Fsp3) is 0.391. The van der Waals surface area contributed by atoms with Gasteiger partial charge < -0.3 is 10.2 Å². The van der Waals surface area contributed by atoms with E-state index in [1.165, 1.54) is 17.4 Å². The number of rotatable bonds is 6. The lowest BCUT2D eigenvalue weighted by Gasteiger charge is -2.33. The number of nitrogens with zero attached hydrogens (tertiary/aromatic N) is 3. The SMILES string of the molecule is Cc1ccc(CNC(=O)C2CCN(C(=O)C(C)n3c(-c4cccs4)n[nH]c3=S)CC2)cc1F. The van der Waals surface area contributed by atoms with Gasteiger partial charge >= 0.3 is 0 Å². The third-order valence-corrected chi connectivity index (χ3v) is 7.22. The van der Waals surface area contributed by atoms with E-state index < -0.39 is 6.04 Å². The van der Waals surface area contributed by atoms with Gasteiger partial charge in [0.05, 0.1) is 4.88 Å². The molecule has 1 unspecified atom stereocenters. The van der Waals surface area contributed by atoms with E-state index in [1.807, 2.05) is 30.5 Å². The van der Waals surface area contributed by atoms with E-state index in [9.17, 15) is 14.0 Å². The number of piperidine rings is 1. The van der Waals surface area contributed by atoms with Gasteiger partial charge in [0.1, 0.15) is 11.9 Å². The maximum absolute atomic E-state index is 13.7. The molecule has 1 aliphatic rings. The first-order valence-corrected chi connectivity index (χ1v) is 12.2. The first-order valence-electron chi connectivity index (χ1n) is 10.9. The number of hydrogen-bond acceptors (Lipinski definition) is 5. The van der Waals surface area contributed by atoms with Crippen LogP contribution < -0.4 is 5.32 Å². The minimum atomic E-state index is -0.504. The largest absolute Gasteiger partial charge is 0.352 e. The molecule has 10 heteroatoms. The Kier molecular flexibility index (Phi) is 7.04. The fourth-order valence-corrected chi connectivity index (χ4v) is 5.06. The zero-order chi connectivity index (χ0) is 23.5. The topological polar surface area (TPSA) is 83.0 Å². The molecule has 0 saturated carbocycles. The second-order valence-electron chi connectivity index (χ2n) is 8.28. The summed E-state index contributed by atoms with van der Waals surface area (Å²) in [7, 11) is 0. The summed E-state index contributed by atoms with van der Waals surface area (Å²) in [5.74, 6) is 0.102. The van der Waals surface area contributed by atoms with Crippen molar-refractivity contribution in [1.82, 2.24) is 25.0 Å². The fourth-order valence-electron chi connectivity index (χ4n) is 4.06. The number of thiophene rings is 1. The molecule has 1 fully saturated rings. The van der Waals surface area contributed by atoms with Crippen LogP contribution in [0.3, 0.4) is 0 Å². The number of aromatic amines is 1. The maximum atomic E-state index is 13.7. The van der Waals surface area contributed by atoms with Crippen LogP contribution in [-0.4, -0.2) is 44.6 Å². The molecule has 0 spiro atoms. The normalized spacial score (nSPS) is 15.4. The van der Waals surface area contributed by atoms with Gasteiger partial charge in [-0.15, -0.1) is 11.3 Å². The van der Waals surface area contributed by atoms with Crippen LogP contribution in [-0.2, 0) is 16.1 Å². The molecule has 174 valence electrons. The Balaban J connectivity index is 1.33. The number of likely N-dealkylation sites (tertiary alicyclic amines) is 1. The highest BCUT2D eigenvalue weighted by molar-refractivity contribution is 7.71. The number of halogens is 1. The molecule has 0 radical (unpaired) electrons. The summed E-state index contributed by atoms with van der Waals surface area (Å²) in [5.41, 5.74) is 1.31. The standard InChI is InChI=1S/C23H26FN5O2S2/c1-14-5-6-16(12-18(14)24)13-25-21(30)17-7-9-28(10-8-17)22(31)15(2)29-20(26-27-23(29)32)19-4-3-11-33-19/h3-6,11-12,15,17H,7-10,13H2,1-2H3,(H,25,30)(H,27,32). The van der Waals surface area contributed by atoms with Crippen molar-refractivity contribution < 1.29 is 14.0 Å². The molecule has 3 heterocycles. The first kappa shape index (κ1) is 23.3. The van der Waals surface area contributed by atoms with Crippen molar-refractivity contribution in [3.63, 3.8) is 0 Å². The van der Waals surface area contributed by atoms with Crippen molar-refractivity contribution in [3.05, 3.63) is 57.4 Å². The molecule has 2 N–H and O–H groups in total. The molecule has 1 saturated heterocycles. The van der Waals surface area contributed by atoms with Gasteiger partial charge in [-0.2, -0.15) is 5.10 Å². The average Bonchev–Trinajstić information content (AvgIpc) is 3.48. The summed E-state index contributed by atoms with van der Waals surface area (Å²) in [6.07, 6.45) is 1.17. The van der Waals surface area contributed by atoms with Crippen molar-refractivity contribution in [2.45, 2.75) is 39.3 Å². The maximum Gasteiger partial charge on any atom is 0.245 e. The highest BCUT2D eigenvalue weighted by Gasteiger charge is 2.31. The van der Waals surface area contributed by atoms with Gasteiger partial charge in [0.25, 0.3) is 0 Å². The molecule has 3 aromatic rings. The summed E-state index contributed by atoms with van der Waals surface area (Å²) in [4.78, 5) is 28.5. The predicted molar refractivity (Wildman–Crippen MR) is 128 cm³/mol. The van der Waals surface area contributed by atoms with Gasteiger partial charge in [0.15, 0.2) is 10.6 Å². The minimum Gasteiger partial charge on any atom is -0.352 e. The van der Waals surface area contributed by atoms with Crippen molar-refractivity contribution in [3.8, 4) is 10.7 Å². The highest BCUT2D eigenvalue weighted by Crippen LogP contribution is 2.27. The molecule has 2 aromatic heterocycles. The van der Waals surface area contributed by atoms with E-state index in [0.717, 1.165) is 10.4 Å². The van der Waals surface area contributed by atoms with Crippen LogP contribution in [0.25, 0.3) is 10.7 Å². The van der Waals surface area contributed by atoms with Crippen LogP contribution in [0.1, 0.15) is 36.9 Å². The lowest BCUT2D eigenvalue weighted by atomic mass is 9.95. The number of H-pyrrole nitrogens is 1. The number of carbonyl (C=O) groups excluding carboxylic acids is 2. The van der Waals surface area contributed by atoms with Crippen LogP contribution >= 0.6 is 23.6 Å². The molecule has 0 aliphatic carbocycles. The predicted octanol–water partition coefficient (Wildman–Crippen LogP) is 4.23. The molecule has 2 amide bonds. The van der Waals surface area contributed by atoms with Gasteiger partial charge in [-0.3, -0.25) is 19.3 Å². The van der Waals surface area contributed by atoms with Gasteiger partial charge in [-0.1, -0.05) is 18.2 Å². The van der Waals surface area contributed by atoms with Crippen molar-refractivity contribution in [2.75, 3.05) is 13.1 Å². The Bertz CT molecular complexity index is 1200. The second kappa shape index (κ2) is 9.96. The Hall–Kier alpha value is -2.85. The number of aryl methyl sites for hydroxylation is 1. The van der Waals surface area contributed by atoms with Gasteiger partial charge in [0, 0.05) is 25.6 Å². The van der Waals surface area contributed by atoms with E-state index in [-0.39, 0.29) is 30.1 Å². The lowest BCUT2D eigenvalue weighted by molar-refractivity contribution is -0.138. The Morgan fingerprint density at radius 1 is 1.33 bits per heavy atom. The molecule has 1 aliphatic heterocycles. The van der Waals surface area contributed by atoms with E-state index in [2.05, 4.69) is 15.5 Å². The monoisotopic (exact) mass is 487 g/mol. The smallest absolute Gasteiger partial charge is 0.245 e. The van der Waals surface area contributed by atoms with E-state index in [0.29, 0.717) is 42.1 Å². The third-order valence-electron chi connectivity index (χ3n) is 6.07. The molecular weight excluding hydrogens is 461 g/mol. The van der Waals surface area contributed by atoms with Gasteiger partial charge in [0.2, 0.25) is 11.8 Å². The molecule has 1 aromatic carbocycles. The Morgan fingerprint density at radius 2 is 2.09 bits per heavy atom. The highest BCUT2D eigenvalue weighted by atomic mass is 32.1. The molecular formula is C23H26FN5O2S2. The third kappa shape index (κ3) is 5.06. The van der Waals surface area contributed by atoms with Crippen molar-refractivity contribution >= 4 is 35.4 Å². The number of carbonyl (C=O) groups is 2. The number of hydrogen-bond donors (Lipinski definition) is 2. The van der Waals surface area contributed by atoms with E-state index >= 15 is 0 Å². The number of aromatic nitrogens is 3. The number of nitrogens with one attached hydrogen (secondary N) is 2. The number of amides is 2. The molecule has 1 atom stereocenters. The summed E-state index contributed by atoms with van der Waals surface area (Å²) in [6.45, 7) is 4.82. The summed E-state index contributed by atoms with van der Waals surface area (Å²) in [6, 6.07) is 8.34. The van der Waals surface area contributed by atoms with Crippen molar-refractivity contribution in [2.24, 2.45) is 5.92 Å². The van der Waals surface area contributed by atoms with Crippen LogP contribution in [0.15, 0.2) is 35.7 Å². The van der Waals surface area contributed by atoms with Crippen LogP contribution in [0.4, 0.5) is 4.39 Å². The Morgan fingerprint density at radius 3 is 2.76 bits per heavy atom. The van der Waals surface area contributed by atoms with Crippen molar-refractivity contribution in [1.29, 1.82) is 0 Å². The zero-order valence-electron chi connectivity index (χ0n) is 18.5. The molecule has 4 rings (SSSR count). The second-order valence-corrected chi connectivity index (χ2v) is 9.61. The van der Waals surface area contributed by atoms with Gasteiger partial charge in [-0.25, -0.2) is 4.39 Å². The van der Waals surface area contributed by atoms with Crippen LogP contribution in [0, 0.1) is 23.4 Å². The van der Waals surface area contributed by atoms with E-state index in [4.69, 9.17) is 12.2 Å². The quantitative estimate of drug-likeness (QED) is 0.510. The first-order chi connectivity index (χ1) is 15.8. The molecule has 7 nitrogen and oxygen atoms in total. The van der Waals surface area contributed by atoms with E-state index in [1.54, 1.807) is 22.5 Å². The minimum absolute atomic E-state index is 0.0423. The molecule has 0 bridgehead atoms. The lowest BCUT2D eigenvalue weighted by Crippen LogP contribution is -2.45. The molecule has 33 heavy (non-hydrogen) atoms. The Labute approximate surface area is 200 Å². The van der Waals surface area contributed by atoms with Gasteiger partial charge in [-0.05, 0) is 67.5 Å². The van der Waals surface area contributed by atoms with Crippen LogP contribution in [0.5, 0.6) is 0 Å². The summed E-state index contributed by atoms with van der Waals surface area (Å²) in [5, 5.41) is 12.0. The van der Waals surface area contributed by atoms with Crippen LogP contribution in [0.2, 0.25) is 0 Å².